The first-order valence-electron chi connectivity index (χ1n) is 3.65. The molecule has 0 unspecified atom stereocenters. The van der Waals surface area contributed by atoms with Crippen molar-refractivity contribution in [1.82, 2.24) is 0 Å². The zero-order chi connectivity index (χ0) is 8.27. The van der Waals surface area contributed by atoms with Gasteiger partial charge >= 0.3 is 0 Å². The highest BCUT2D eigenvalue weighted by Gasteiger charge is 2.25. The lowest BCUT2D eigenvalue weighted by atomic mass is 10.1. The second-order valence-corrected chi connectivity index (χ2v) is 2.51. The van der Waals surface area contributed by atoms with E-state index in [9.17, 15) is 5.11 Å². The van der Waals surface area contributed by atoms with Crippen LogP contribution >= 0.6 is 0 Å². The summed E-state index contributed by atoms with van der Waals surface area (Å²) in [6.07, 6.45) is 5.64. The largest absolute Gasteiger partial charge is 0.389 e. The fourth-order valence-electron chi connectivity index (χ4n) is 0.951. The van der Waals surface area contributed by atoms with Crippen molar-refractivity contribution >= 4 is 5.71 Å². The number of hydrogen-bond donors (Lipinski definition) is 1. The summed E-state index contributed by atoms with van der Waals surface area (Å²) in [6.45, 7) is 1.89. The molecule has 0 saturated carbocycles. The molecule has 1 heterocycles. The fraction of sp³-hybridized carbons (Fsp3) is 0.625. The quantitative estimate of drug-likeness (QED) is 0.588. The van der Waals surface area contributed by atoms with Crippen molar-refractivity contribution in [1.29, 1.82) is 0 Å². The van der Waals surface area contributed by atoms with Crippen LogP contribution in [0.15, 0.2) is 5.16 Å². The molecule has 3 nitrogen and oxygen atoms in total. The van der Waals surface area contributed by atoms with Crippen LogP contribution in [0.25, 0.3) is 0 Å². The summed E-state index contributed by atoms with van der Waals surface area (Å²) in [4.78, 5) is 4.90. The molecule has 0 aromatic heterocycles. The summed E-state index contributed by atoms with van der Waals surface area (Å²) in [7, 11) is 0. The van der Waals surface area contributed by atoms with Crippen molar-refractivity contribution < 1.29 is 9.94 Å². The maximum Gasteiger partial charge on any atom is 0.159 e. The minimum Gasteiger partial charge on any atom is -0.389 e. The van der Waals surface area contributed by atoms with E-state index in [-0.39, 0.29) is 6.10 Å². The molecule has 2 atom stereocenters. The van der Waals surface area contributed by atoms with Gasteiger partial charge in [-0.2, -0.15) is 0 Å². The van der Waals surface area contributed by atoms with Gasteiger partial charge in [0.25, 0.3) is 0 Å². The standard InChI is InChI=1S/C8H11NO2/c1-3-6-5-8(11-9-6)7(10)4-2/h1,7-8,10H,4-5H2,2H3/t7-,8-/m0/s1. The summed E-state index contributed by atoms with van der Waals surface area (Å²) in [5, 5.41) is 12.9. The Bertz CT molecular complexity index is 205. The Morgan fingerprint density at radius 3 is 3.18 bits per heavy atom. The summed E-state index contributed by atoms with van der Waals surface area (Å²) in [5.74, 6) is 2.39. The predicted octanol–water partition coefficient (Wildman–Crippen LogP) is 0.535. The van der Waals surface area contributed by atoms with E-state index < -0.39 is 6.10 Å². The molecule has 60 valence electrons. The van der Waals surface area contributed by atoms with Crippen LogP contribution in [-0.2, 0) is 4.84 Å². The summed E-state index contributed by atoms with van der Waals surface area (Å²) < 4.78 is 0. The third kappa shape index (κ3) is 1.72. The molecule has 0 aromatic rings. The van der Waals surface area contributed by atoms with Crippen LogP contribution in [0.1, 0.15) is 19.8 Å². The monoisotopic (exact) mass is 153 g/mol. The van der Waals surface area contributed by atoms with Crippen molar-refractivity contribution in [2.24, 2.45) is 5.16 Å². The maximum absolute atomic E-state index is 9.30. The van der Waals surface area contributed by atoms with Gasteiger partial charge < -0.3 is 9.94 Å². The molecule has 1 aliphatic heterocycles. The number of aliphatic hydroxyl groups excluding tert-OH is 1. The van der Waals surface area contributed by atoms with Gasteiger partial charge in [-0.3, -0.25) is 0 Å². The van der Waals surface area contributed by atoms with E-state index in [1.54, 1.807) is 0 Å². The first kappa shape index (κ1) is 8.09. The van der Waals surface area contributed by atoms with Crippen molar-refractivity contribution in [3.05, 3.63) is 0 Å². The van der Waals surface area contributed by atoms with Gasteiger partial charge in [-0.05, 0) is 6.42 Å². The van der Waals surface area contributed by atoms with Gasteiger partial charge in [-0.15, -0.1) is 6.42 Å². The highest BCUT2D eigenvalue weighted by Crippen LogP contribution is 2.15. The molecule has 0 saturated heterocycles. The Labute approximate surface area is 66.0 Å². The van der Waals surface area contributed by atoms with Crippen LogP contribution in [0.5, 0.6) is 0 Å². The Morgan fingerprint density at radius 1 is 2.00 bits per heavy atom. The van der Waals surface area contributed by atoms with Crippen LogP contribution in [0.3, 0.4) is 0 Å². The fourth-order valence-corrected chi connectivity index (χ4v) is 0.951. The molecule has 0 spiro atoms. The molecule has 3 heteroatoms. The molecule has 1 aliphatic rings. The molecule has 11 heavy (non-hydrogen) atoms. The first-order valence-corrected chi connectivity index (χ1v) is 3.65. The van der Waals surface area contributed by atoms with Gasteiger partial charge in [0.05, 0.1) is 6.10 Å². The normalized spacial score (nSPS) is 25.2. The Hall–Kier alpha value is -1.01. The molecule has 0 fully saturated rings. The van der Waals surface area contributed by atoms with E-state index >= 15 is 0 Å². The molecular weight excluding hydrogens is 142 g/mol. The zero-order valence-electron chi connectivity index (χ0n) is 6.45. The van der Waals surface area contributed by atoms with E-state index in [1.807, 2.05) is 6.92 Å². The lowest BCUT2D eigenvalue weighted by molar-refractivity contribution is -0.0182. The van der Waals surface area contributed by atoms with Gasteiger partial charge in [-0.25, -0.2) is 0 Å². The van der Waals surface area contributed by atoms with Crippen molar-refractivity contribution in [3.8, 4) is 12.3 Å². The highest BCUT2D eigenvalue weighted by atomic mass is 16.6. The van der Waals surface area contributed by atoms with Crippen molar-refractivity contribution in [3.63, 3.8) is 0 Å². The van der Waals surface area contributed by atoms with E-state index in [4.69, 9.17) is 11.3 Å². The number of aliphatic hydroxyl groups is 1. The Morgan fingerprint density at radius 2 is 2.73 bits per heavy atom. The van der Waals surface area contributed by atoms with Crippen LogP contribution in [0.4, 0.5) is 0 Å². The van der Waals surface area contributed by atoms with Crippen LogP contribution in [0.2, 0.25) is 0 Å². The SMILES string of the molecule is C#CC1=NO[C@H]([C@@H](O)CC)C1. The number of terminal acetylenes is 1. The molecule has 0 bridgehead atoms. The van der Waals surface area contributed by atoms with Gasteiger partial charge in [0.15, 0.2) is 6.10 Å². The van der Waals surface area contributed by atoms with Gasteiger partial charge in [0, 0.05) is 6.42 Å². The summed E-state index contributed by atoms with van der Waals surface area (Å²) >= 11 is 0. The van der Waals surface area contributed by atoms with Crippen LogP contribution in [-0.4, -0.2) is 23.0 Å². The average molecular weight is 153 g/mol. The second kappa shape index (κ2) is 3.40. The van der Waals surface area contributed by atoms with Gasteiger partial charge in [0.2, 0.25) is 0 Å². The highest BCUT2D eigenvalue weighted by molar-refractivity contribution is 6.00. The third-order valence-electron chi connectivity index (χ3n) is 1.71. The second-order valence-electron chi connectivity index (χ2n) is 2.51. The Kier molecular flexibility index (Phi) is 2.50. The smallest absolute Gasteiger partial charge is 0.159 e. The molecule has 1 N–H and O–H groups in total. The van der Waals surface area contributed by atoms with E-state index in [0.29, 0.717) is 18.6 Å². The lowest BCUT2D eigenvalue weighted by Gasteiger charge is -2.12. The van der Waals surface area contributed by atoms with Crippen molar-refractivity contribution in [2.45, 2.75) is 32.0 Å². The van der Waals surface area contributed by atoms with E-state index in [2.05, 4.69) is 11.1 Å². The first-order chi connectivity index (χ1) is 5.27. The molecule has 0 radical (unpaired) electrons. The van der Waals surface area contributed by atoms with Gasteiger partial charge in [0.1, 0.15) is 5.71 Å². The predicted molar refractivity (Wildman–Crippen MR) is 42.1 cm³/mol. The van der Waals surface area contributed by atoms with Crippen LogP contribution < -0.4 is 0 Å². The zero-order valence-corrected chi connectivity index (χ0v) is 6.45. The number of hydrogen-bond acceptors (Lipinski definition) is 3. The molecule has 0 aliphatic carbocycles. The minimum atomic E-state index is -0.454. The maximum atomic E-state index is 9.30. The topological polar surface area (TPSA) is 41.8 Å². The number of nitrogens with zero attached hydrogens (tertiary/aromatic N) is 1. The lowest BCUT2D eigenvalue weighted by Crippen LogP contribution is -2.24. The summed E-state index contributed by atoms with van der Waals surface area (Å²) in [5.41, 5.74) is 0.586. The molecule has 0 amide bonds. The molecular formula is C8H11NO2. The van der Waals surface area contributed by atoms with E-state index in [1.165, 1.54) is 0 Å². The molecule has 1 rings (SSSR count). The Balaban J connectivity index is 2.42. The van der Waals surface area contributed by atoms with Crippen molar-refractivity contribution in [2.75, 3.05) is 0 Å². The number of rotatable bonds is 2. The minimum absolute atomic E-state index is 0.231. The average Bonchev–Trinajstić information content (AvgIpc) is 2.50. The third-order valence-corrected chi connectivity index (χ3v) is 1.71. The van der Waals surface area contributed by atoms with Crippen LogP contribution in [0, 0.1) is 12.3 Å². The van der Waals surface area contributed by atoms with Gasteiger partial charge in [-0.1, -0.05) is 18.0 Å². The summed E-state index contributed by atoms with van der Waals surface area (Å²) in [6, 6.07) is 0. The number of oxime groups is 1. The molecule has 0 aromatic carbocycles. The van der Waals surface area contributed by atoms with E-state index in [0.717, 1.165) is 0 Å².